The Morgan fingerprint density at radius 1 is 1.33 bits per heavy atom. The SMILES string of the molecule is Cc1ccccc1CCNCC(C#N)C(F)(F)F. The summed E-state index contributed by atoms with van der Waals surface area (Å²) in [5.74, 6) is -1.94. The van der Waals surface area contributed by atoms with Crippen molar-refractivity contribution in [2.75, 3.05) is 13.1 Å². The molecular formula is C13H15F3N2. The third-order valence-electron chi connectivity index (χ3n) is 2.73. The Kier molecular flexibility index (Phi) is 5.17. The molecule has 0 fully saturated rings. The van der Waals surface area contributed by atoms with Gasteiger partial charge in [-0.05, 0) is 31.0 Å². The summed E-state index contributed by atoms with van der Waals surface area (Å²) in [6.45, 7) is 2.04. The van der Waals surface area contributed by atoms with Gasteiger partial charge in [-0.25, -0.2) is 0 Å². The zero-order chi connectivity index (χ0) is 13.6. The number of rotatable bonds is 5. The maximum Gasteiger partial charge on any atom is 0.405 e. The molecule has 18 heavy (non-hydrogen) atoms. The lowest BCUT2D eigenvalue weighted by molar-refractivity contribution is -0.157. The molecule has 0 bridgehead atoms. The van der Waals surface area contributed by atoms with E-state index in [1.165, 1.54) is 6.07 Å². The molecule has 5 heteroatoms. The number of benzene rings is 1. The number of nitrogens with zero attached hydrogens (tertiary/aromatic N) is 1. The minimum atomic E-state index is -4.45. The van der Waals surface area contributed by atoms with Gasteiger partial charge in [0, 0.05) is 6.54 Å². The van der Waals surface area contributed by atoms with Crippen LogP contribution in [0.4, 0.5) is 13.2 Å². The van der Waals surface area contributed by atoms with Crippen molar-refractivity contribution in [1.82, 2.24) is 5.32 Å². The highest BCUT2D eigenvalue weighted by atomic mass is 19.4. The van der Waals surface area contributed by atoms with Crippen LogP contribution in [-0.2, 0) is 6.42 Å². The van der Waals surface area contributed by atoms with Gasteiger partial charge in [0.05, 0.1) is 6.07 Å². The first kappa shape index (κ1) is 14.5. The smallest absolute Gasteiger partial charge is 0.315 e. The van der Waals surface area contributed by atoms with E-state index in [9.17, 15) is 13.2 Å². The van der Waals surface area contributed by atoms with Gasteiger partial charge in [0.1, 0.15) is 0 Å². The van der Waals surface area contributed by atoms with E-state index >= 15 is 0 Å². The molecule has 0 aliphatic heterocycles. The monoisotopic (exact) mass is 256 g/mol. The Balaban J connectivity index is 2.36. The summed E-state index contributed by atoms with van der Waals surface area (Å²) < 4.78 is 36.8. The highest BCUT2D eigenvalue weighted by Gasteiger charge is 2.39. The van der Waals surface area contributed by atoms with Crippen molar-refractivity contribution < 1.29 is 13.2 Å². The van der Waals surface area contributed by atoms with Crippen LogP contribution < -0.4 is 5.32 Å². The van der Waals surface area contributed by atoms with Gasteiger partial charge in [-0.3, -0.25) is 0 Å². The molecule has 1 unspecified atom stereocenters. The molecule has 0 radical (unpaired) electrons. The number of hydrogen-bond donors (Lipinski definition) is 1. The van der Waals surface area contributed by atoms with Crippen molar-refractivity contribution in [1.29, 1.82) is 5.26 Å². The van der Waals surface area contributed by atoms with Crippen LogP contribution in [0.15, 0.2) is 24.3 Å². The van der Waals surface area contributed by atoms with E-state index in [0.29, 0.717) is 13.0 Å². The van der Waals surface area contributed by atoms with Crippen LogP contribution in [0.2, 0.25) is 0 Å². The van der Waals surface area contributed by atoms with E-state index in [1.807, 2.05) is 31.2 Å². The summed E-state index contributed by atoms with van der Waals surface area (Å²) in [5, 5.41) is 11.1. The van der Waals surface area contributed by atoms with E-state index in [4.69, 9.17) is 5.26 Å². The van der Waals surface area contributed by atoms with E-state index in [0.717, 1.165) is 11.1 Å². The molecule has 0 aliphatic rings. The van der Waals surface area contributed by atoms with Crippen LogP contribution in [0.5, 0.6) is 0 Å². The Labute approximate surface area is 104 Å². The third-order valence-corrected chi connectivity index (χ3v) is 2.73. The van der Waals surface area contributed by atoms with Crippen molar-refractivity contribution in [3.63, 3.8) is 0 Å². The minimum Gasteiger partial charge on any atom is -0.315 e. The quantitative estimate of drug-likeness (QED) is 0.822. The largest absolute Gasteiger partial charge is 0.405 e. The summed E-state index contributed by atoms with van der Waals surface area (Å²) in [6.07, 6.45) is -3.80. The molecule has 0 heterocycles. The highest BCUT2D eigenvalue weighted by molar-refractivity contribution is 5.25. The zero-order valence-electron chi connectivity index (χ0n) is 10.1. The Morgan fingerprint density at radius 3 is 2.56 bits per heavy atom. The molecule has 1 rings (SSSR count). The molecule has 2 nitrogen and oxygen atoms in total. The van der Waals surface area contributed by atoms with Crippen molar-refractivity contribution in [3.8, 4) is 6.07 Å². The van der Waals surface area contributed by atoms with Gasteiger partial charge in [-0.15, -0.1) is 0 Å². The number of aryl methyl sites for hydroxylation is 1. The van der Waals surface area contributed by atoms with Gasteiger partial charge in [0.2, 0.25) is 0 Å². The molecule has 0 saturated carbocycles. The highest BCUT2D eigenvalue weighted by Crippen LogP contribution is 2.24. The fraction of sp³-hybridized carbons (Fsp3) is 0.462. The first-order chi connectivity index (χ1) is 8.45. The van der Waals surface area contributed by atoms with Crippen LogP contribution in [0.3, 0.4) is 0 Å². The van der Waals surface area contributed by atoms with Crippen molar-refractivity contribution in [3.05, 3.63) is 35.4 Å². The summed E-state index contributed by atoms with van der Waals surface area (Å²) in [6, 6.07) is 8.99. The normalized spacial score (nSPS) is 13.1. The van der Waals surface area contributed by atoms with Gasteiger partial charge in [-0.1, -0.05) is 24.3 Å². The lowest BCUT2D eigenvalue weighted by Crippen LogP contribution is -2.33. The minimum absolute atomic E-state index is 0.355. The molecule has 1 aromatic rings. The molecule has 1 atom stereocenters. The molecule has 0 saturated heterocycles. The fourth-order valence-corrected chi connectivity index (χ4v) is 1.59. The van der Waals surface area contributed by atoms with Gasteiger partial charge in [0.25, 0.3) is 0 Å². The molecular weight excluding hydrogens is 241 g/mol. The van der Waals surface area contributed by atoms with Crippen LogP contribution in [0.25, 0.3) is 0 Å². The Bertz CT molecular complexity index is 421. The predicted molar refractivity (Wildman–Crippen MR) is 62.9 cm³/mol. The van der Waals surface area contributed by atoms with Gasteiger partial charge >= 0.3 is 6.18 Å². The average Bonchev–Trinajstić information content (AvgIpc) is 2.29. The molecule has 0 aliphatic carbocycles. The van der Waals surface area contributed by atoms with Crippen LogP contribution >= 0.6 is 0 Å². The second-order valence-corrected chi connectivity index (χ2v) is 4.10. The summed E-state index contributed by atoms with van der Waals surface area (Å²) in [4.78, 5) is 0. The predicted octanol–water partition coefficient (Wildman–Crippen LogP) is 2.83. The fourth-order valence-electron chi connectivity index (χ4n) is 1.59. The molecule has 1 N–H and O–H groups in total. The van der Waals surface area contributed by atoms with Gasteiger partial charge < -0.3 is 5.32 Å². The lowest BCUT2D eigenvalue weighted by Gasteiger charge is -2.14. The van der Waals surface area contributed by atoms with E-state index in [1.54, 1.807) is 0 Å². The Hall–Kier alpha value is -1.54. The van der Waals surface area contributed by atoms with Gasteiger partial charge in [0.15, 0.2) is 5.92 Å². The molecule has 98 valence electrons. The lowest BCUT2D eigenvalue weighted by atomic mass is 10.1. The Morgan fingerprint density at radius 2 is 2.00 bits per heavy atom. The number of hydrogen-bond acceptors (Lipinski definition) is 2. The summed E-state index contributed by atoms with van der Waals surface area (Å²) >= 11 is 0. The van der Waals surface area contributed by atoms with E-state index in [2.05, 4.69) is 5.32 Å². The zero-order valence-corrected chi connectivity index (χ0v) is 10.1. The second-order valence-electron chi connectivity index (χ2n) is 4.10. The van der Waals surface area contributed by atoms with Crippen molar-refractivity contribution >= 4 is 0 Å². The maximum atomic E-state index is 12.3. The number of nitriles is 1. The topological polar surface area (TPSA) is 35.8 Å². The standard InChI is InChI=1S/C13H15F3N2/c1-10-4-2-3-5-11(10)6-7-18-9-12(8-17)13(14,15)16/h2-5,12,18H,6-7,9H2,1H3. The second kappa shape index (κ2) is 6.41. The molecule has 0 amide bonds. The molecule has 0 spiro atoms. The van der Waals surface area contributed by atoms with Crippen LogP contribution in [-0.4, -0.2) is 19.3 Å². The number of nitrogens with one attached hydrogen (secondary N) is 1. The van der Waals surface area contributed by atoms with E-state index in [-0.39, 0.29) is 6.54 Å². The molecule has 1 aromatic carbocycles. The number of halogens is 3. The van der Waals surface area contributed by atoms with Crippen LogP contribution in [0, 0.1) is 24.2 Å². The molecule has 0 aromatic heterocycles. The summed E-state index contributed by atoms with van der Waals surface area (Å²) in [7, 11) is 0. The van der Waals surface area contributed by atoms with Crippen LogP contribution in [0.1, 0.15) is 11.1 Å². The average molecular weight is 256 g/mol. The first-order valence-electron chi connectivity index (χ1n) is 5.66. The van der Waals surface area contributed by atoms with Gasteiger partial charge in [-0.2, -0.15) is 18.4 Å². The van der Waals surface area contributed by atoms with Crippen molar-refractivity contribution in [2.45, 2.75) is 19.5 Å². The number of alkyl halides is 3. The maximum absolute atomic E-state index is 12.3. The van der Waals surface area contributed by atoms with E-state index < -0.39 is 12.1 Å². The summed E-state index contributed by atoms with van der Waals surface area (Å²) in [5.41, 5.74) is 2.22. The van der Waals surface area contributed by atoms with Crippen molar-refractivity contribution in [2.24, 2.45) is 5.92 Å². The first-order valence-corrected chi connectivity index (χ1v) is 5.66. The third kappa shape index (κ3) is 4.38.